The zero-order valence-corrected chi connectivity index (χ0v) is 33.0. The molecule has 0 aliphatic heterocycles. The van der Waals surface area contributed by atoms with Crippen molar-refractivity contribution in [2.24, 2.45) is 0 Å². The van der Waals surface area contributed by atoms with Gasteiger partial charge in [0, 0.05) is 19.6 Å². The monoisotopic (exact) mass is 695 g/mol. The van der Waals surface area contributed by atoms with Crippen molar-refractivity contribution in [3.05, 3.63) is 38.0 Å². The van der Waals surface area contributed by atoms with Crippen LogP contribution in [0, 0.1) is 0 Å². The summed E-state index contributed by atoms with van der Waals surface area (Å²) in [5.74, 6) is -0.470. The van der Waals surface area contributed by atoms with Crippen molar-refractivity contribution >= 4 is 17.3 Å². The molecule has 284 valence electrons. The normalized spacial score (nSPS) is 13.4. The number of hydrogen-bond donors (Lipinski definition) is 0. The molecule has 0 aliphatic rings. The standard InChI is InChI=1S/C39H69NO9/c1-16-31(41)37(10,11)47-25-19-34(4,5)44-28-22-40(23-29-45-35(6,7)20-26-48-38(12,13)32(42)17-2)24-30-46-36(8,9)21-27-49-39(14,15)33(43)18-3/h16-18H,1-3,19-30H2,4-15H3. The molecule has 0 aromatic carbocycles. The first-order chi connectivity index (χ1) is 22.4. The largest absolute Gasteiger partial charge is 0.374 e. The van der Waals surface area contributed by atoms with Crippen LogP contribution < -0.4 is 0 Å². The Kier molecular flexibility index (Phi) is 19.8. The van der Waals surface area contributed by atoms with E-state index in [0.29, 0.717) is 78.5 Å². The predicted molar refractivity (Wildman–Crippen MR) is 196 cm³/mol. The second-order valence-corrected chi connectivity index (χ2v) is 15.7. The highest BCUT2D eigenvalue weighted by atomic mass is 16.5. The lowest BCUT2D eigenvalue weighted by molar-refractivity contribution is -0.138. The fourth-order valence-corrected chi connectivity index (χ4v) is 4.51. The second kappa shape index (κ2) is 20.7. The Hall–Kier alpha value is -2.05. The number of rotatable bonds is 30. The third-order valence-corrected chi connectivity index (χ3v) is 8.54. The first-order valence-electron chi connectivity index (χ1n) is 17.4. The molecule has 0 amide bonds. The van der Waals surface area contributed by atoms with Crippen molar-refractivity contribution in [2.45, 2.75) is 136 Å². The lowest BCUT2D eigenvalue weighted by atomic mass is 10.0. The molecule has 10 nitrogen and oxygen atoms in total. The summed E-state index contributed by atoms with van der Waals surface area (Å²) in [7, 11) is 0. The maximum Gasteiger partial charge on any atom is 0.186 e. The average Bonchev–Trinajstić information content (AvgIpc) is 2.98. The zero-order valence-electron chi connectivity index (χ0n) is 33.0. The highest BCUT2D eigenvalue weighted by Gasteiger charge is 2.30. The molecule has 0 saturated heterocycles. The fourth-order valence-electron chi connectivity index (χ4n) is 4.51. The molecule has 0 saturated carbocycles. The zero-order chi connectivity index (χ0) is 38.2. The van der Waals surface area contributed by atoms with Gasteiger partial charge in [0.25, 0.3) is 0 Å². The van der Waals surface area contributed by atoms with Crippen LogP contribution in [-0.2, 0) is 42.8 Å². The Bertz CT molecular complexity index is 939. The smallest absolute Gasteiger partial charge is 0.186 e. The first kappa shape index (κ1) is 47.0. The maximum atomic E-state index is 12.0. The van der Waals surface area contributed by atoms with Crippen LogP contribution in [0.25, 0.3) is 0 Å². The number of ketones is 3. The summed E-state index contributed by atoms with van der Waals surface area (Å²) in [5.41, 5.74) is -4.15. The Morgan fingerprint density at radius 1 is 0.429 bits per heavy atom. The highest BCUT2D eigenvalue weighted by Crippen LogP contribution is 2.21. The molecular formula is C39H69NO9. The number of nitrogens with zero attached hydrogens (tertiary/aromatic N) is 1. The van der Waals surface area contributed by atoms with Gasteiger partial charge < -0.3 is 28.4 Å². The number of ether oxygens (including phenoxy) is 6. The number of hydrogen-bond acceptors (Lipinski definition) is 10. The quantitative estimate of drug-likeness (QED) is 0.0773. The lowest BCUT2D eigenvalue weighted by Crippen LogP contribution is -2.40. The van der Waals surface area contributed by atoms with Gasteiger partial charge in [-0.15, -0.1) is 0 Å². The van der Waals surface area contributed by atoms with E-state index in [1.165, 1.54) is 18.2 Å². The molecular weight excluding hydrogens is 626 g/mol. The van der Waals surface area contributed by atoms with E-state index in [1.807, 2.05) is 41.5 Å². The van der Waals surface area contributed by atoms with E-state index in [9.17, 15) is 14.4 Å². The van der Waals surface area contributed by atoms with Gasteiger partial charge in [0.05, 0.1) is 56.4 Å². The van der Waals surface area contributed by atoms with Crippen molar-refractivity contribution in [1.82, 2.24) is 4.90 Å². The van der Waals surface area contributed by atoms with Gasteiger partial charge in [-0.1, -0.05) is 19.7 Å². The van der Waals surface area contributed by atoms with Crippen molar-refractivity contribution in [3.63, 3.8) is 0 Å². The number of carbonyl (C=O) groups excluding carboxylic acids is 3. The van der Waals surface area contributed by atoms with Gasteiger partial charge in [-0.2, -0.15) is 0 Å². The molecule has 0 atom stereocenters. The SMILES string of the molecule is C=CC(=O)C(C)(C)OCCC(C)(C)OCCN(CCOC(C)(C)CCOC(C)(C)C(=O)C=C)CCOC(C)(C)CCOC(C)(C)C(=O)C=C. The molecule has 0 fully saturated rings. The van der Waals surface area contributed by atoms with Gasteiger partial charge in [0.15, 0.2) is 17.3 Å². The predicted octanol–water partition coefficient (Wildman–Crippen LogP) is 6.50. The minimum atomic E-state index is -0.924. The summed E-state index contributed by atoms with van der Waals surface area (Å²) < 4.78 is 36.3. The molecule has 0 spiro atoms. The van der Waals surface area contributed by atoms with Gasteiger partial charge in [-0.25, -0.2) is 0 Å². The Labute approximate surface area is 297 Å². The topological polar surface area (TPSA) is 110 Å². The molecule has 0 bridgehead atoms. The third-order valence-electron chi connectivity index (χ3n) is 8.54. The van der Waals surface area contributed by atoms with E-state index in [-0.39, 0.29) is 17.3 Å². The Morgan fingerprint density at radius 2 is 0.653 bits per heavy atom. The van der Waals surface area contributed by atoms with Crippen molar-refractivity contribution in [1.29, 1.82) is 0 Å². The summed E-state index contributed by atoms with van der Waals surface area (Å²) in [6.07, 6.45) is 5.70. The average molecular weight is 696 g/mol. The van der Waals surface area contributed by atoms with Crippen molar-refractivity contribution in [2.75, 3.05) is 59.3 Å². The van der Waals surface area contributed by atoms with Crippen LogP contribution in [0.15, 0.2) is 38.0 Å². The minimum Gasteiger partial charge on any atom is -0.374 e. The minimum absolute atomic E-state index is 0.157. The summed E-state index contributed by atoms with van der Waals surface area (Å²) in [6, 6.07) is 0. The molecule has 0 N–H and O–H groups in total. The molecule has 0 aromatic rings. The summed E-state index contributed by atoms with van der Waals surface area (Å²) in [4.78, 5) is 38.4. The molecule has 10 heteroatoms. The van der Waals surface area contributed by atoms with E-state index in [1.54, 1.807) is 41.5 Å². The van der Waals surface area contributed by atoms with Crippen LogP contribution in [0.3, 0.4) is 0 Å². The van der Waals surface area contributed by atoms with Gasteiger partial charge in [-0.3, -0.25) is 19.3 Å². The molecule has 0 unspecified atom stereocenters. The van der Waals surface area contributed by atoms with E-state index in [0.717, 1.165) is 0 Å². The van der Waals surface area contributed by atoms with Gasteiger partial charge >= 0.3 is 0 Å². The van der Waals surface area contributed by atoms with Crippen molar-refractivity contribution in [3.8, 4) is 0 Å². The molecule has 0 heterocycles. The lowest BCUT2D eigenvalue weighted by Gasteiger charge is -2.32. The van der Waals surface area contributed by atoms with Crippen LogP contribution in [0.4, 0.5) is 0 Å². The highest BCUT2D eigenvalue weighted by molar-refractivity contribution is 5.96. The van der Waals surface area contributed by atoms with E-state index >= 15 is 0 Å². The molecule has 49 heavy (non-hydrogen) atoms. The van der Waals surface area contributed by atoms with Crippen molar-refractivity contribution < 1.29 is 42.8 Å². The van der Waals surface area contributed by atoms with Gasteiger partial charge in [0.2, 0.25) is 0 Å². The third kappa shape index (κ3) is 19.8. The second-order valence-electron chi connectivity index (χ2n) is 15.7. The molecule has 0 rings (SSSR count). The Morgan fingerprint density at radius 3 is 0.857 bits per heavy atom. The van der Waals surface area contributed by atoms with E-state index in [4.69, 9.17) is 28.4 Å². The van der Waals surface area contributed by atoms with E-state index in [2.05, 4.69) is 24.6 Å². The summed E-state index contributed by atoms with van der Waals surface area (Å²) in [6.45, 7) is 37.7. The molecule has 0 radical (unpaired) electrons. The number of carbonyl (C=O) groups is 3. The maximum absolute atomic E-state index is 12.0. The van der Waals surface area contributed by atoms with Crippen LogP contribution in [0.1, 0.15) is 102 Å². The molecule has 0 aromatic heterocycles. The fraction of sp³-hybridized carbons (Fsp3) is 0.769. The van der Waals surface area contributed by atoms with Gasteiger partial charge in [-0.05, 0) is 121 Å². The first-order valence-corrected chi connectivity index (χ1v) is 17.4. The van der Waals surface area contributed by atoms with Crippen LogP contribution in [0.2, 0.25) is 0 Å². The van der Waals surface area contributed by atoms with Gasteiger partial charge in [0.1, 0.15) is 16.8 Å². The van der Waals surface area contributed by atoms with Crippen LogP contribution in [0.5, 0.6) is 0 Å². The summed E-state index contributed by atoms with van der Waals surface area (Å²) >= 11 is 0. The molecule has 0 aliphatic carbocycles. The Balaban J connectivity index is 5.19. The summed E-state index contributed by atoms with van der Waals surface area (Å²) in [5, 5.41) is 0. The van der Waals surface area contributed by atoms with E-state index < -0.39 is 33.6 Å². The van der Waals surface area contributed by atoms with Crippen LogP contribution >= 0.6 is 0 Å². The van der Waals surface area contributed by atoms with Crippen LogP contribution in [-0.4, -0.2) is 115 Å².